The first kappa shape index (κ1) is 28.9. The highest BCUT2D eigenvalue weighted by Crippen LogP contribution is 2.62. The van der Waals surface area contributed by atoms with Crippen molar-refractivity contribution >= 4 is 12.6 Å². The van der Waals surface area contributed by atoms with Crippen LogP contribution in [0.1, 0.15) is 117 Å². The Hall–Kier alpha value is -0.130. The Morgan fingerprint density at radius 3 is 1.52 bits per heavy atom. The van der Waals surface area contributed by atoms with E-state index in [2.05, 4.69) is 50.3 Å². The second kappa shape index (κ2) is 18.3. The smallest absolute Gasteiger partial charge is 0.0946 e. The molecule has 1 aliphatic rings. The fourth-order valence-electron chi connectivity index (χ4n) is 5.14. The molecule has 0 nitrogen and oxygen atoms in total. The monoisotopic (exact) mass is 508 g/mol. The van der Waals surface area contributed by atoms with Crippen LogP contribution in [0.5, 0.6) is 0 Å². The van der Waals surface area contributed by atoms with E-state index in [1.807, 2.05) is 0 Å². The summed E-state index contributed by atoms with van der Waals surface area (Å²) >= 11 is 0. The highest BCUT2D eigenvalue weighted by molar-refractivity contribution is 7.83. The third kappa shape index (κ3) is 12.1. The van der Waals surface area contributed by atoms with Crippen LogP contribution in [0.3, 0.4) is 0 Å². The molecule has 1 heterocycles. The summed E-state index contributed by atoms with van der Waals surface area (Å²) in [4.78, 5) is 0. The average molecular weight is 510 g/mol. The molecular formula is C29H50BrP. The molecule has 178 valence electrons. The maximum atomic E-state index is 2.53. The van der Waals surface area contributed by atoms with Crippen molar-refractivity contribution in [3.63, 3.8) is 0 Å². The van der Waals surface area contributed by atoms with Gasteiger partial charge in [-0.3, -0.25) is 0 Å². The van der Waals surface area contributed by atoms with Crippen molar-refractivity contribution in [2.75, 3.05) is 18.5 Å². The van der Waals surface area contributed by atoms with Gasteiger partial charge in [0.1, 0.15) is 0 Å². The highest BCUT2D eigenvalue weighted by atomic mass is 79.9. The summed E-state index contributed by atoms with van der Waals surface area (Å²) in [5, 5.41) is 1.68. The number of benzene rings is 1. The molecular weight excluding hydrogens is 459 g/mol. The predicted octanol–water partition coefficient (Wildman–Crippen LogP) is 6.55. The largest absolute Gasteiger partial charge is 1.00 e. The molecule has 0 bridgehead atoms. The summed E-state index contributed by atoms with van der Waals surface area (Å²) in [6.45, 7) is 4.65. The summed E-state index contributed by atoms with van der Waals surface area (Å²) in [6.07, 6.45) is 30.1. The summed E-state index contributed by atoms with van der Waals surface area (Å²) in [7, 11) is -0.936. The van der Waals surface area contributed by atoms with Crippen LogP contribution in [-0.2, 0) is 0 Å². The average Bonchev–Trinajstić information content (AvgIpc) is 3.16. The third-order valence-electron chi connectivity index (χ3n) is 7.08. The minimum absolute atomic E-state index is 0. The van der Waals surface area contributed by atoms with Gasteiger partial charge < -0.3 is 17.0 Å². The molecule has 0 spiro atoms. The zero-order valence-corrected chi connectivity index (χ0v) is 23.2. The quantitative estimate of drug-likeness (QED) is 0.120. The normalized spacial score (nSPS) is 18.1. The van der Waals surface area contributed by atoms with E-state index in [1.54, 1.807) is 10.9 Å². The van der Waals surface area contributed by atoms with Crippen molar-refractivity contribution in [1.82, 2.24) is 0 Å². The van der Waals surface area contributed by atoms with Gasteiger partial charge in [-0.15, -0.1) is 0 Å². The first-order valence-electron chi connectivity index (χ1n) is 13.3. The van der Waals surface area contributed by atoms with Crippen LogP contribution < -0.4 is 22.3 Å². The maximum absolute atomic E-state index is 2.53. The van der Waals surface area contributed by atoms with Gasteiger partial charge >= 0.3 is 0 Å². The van der Waals surface area contributed by atoms with E-state index in [0.29, 0.717) is 0 Å². The van der Waals surface area contributed by atoms with Crippen molar-refractivity contribution in [3.8, 4) is 0 Å². The lowest BCUT2D eigenvalue weighted by atomic mass is 10.0. The molecule has 0 saturated heterocycles. The molecule has 1 aromatic carbocycles. The van der Waals surface area contributed by atoms with Gasteiger partial charge in [0.25, 0.3) is 0 Å². The molecule has 0 fully saturated rings. The van der Waals surface area contributed by atoms with Gasteiger partial charge in [0, 0.05) is 0 Å². The molecule has 31 heavy (non-hydrogen) atoms. The SMILES string of the molecule is CCCCCCCCCCCCCCCCCC[P+]1(c2ccccc2)CC=C(C)C1.[Br-]. The Kier molecular flexibility index (Phi) is 17.1. The number of rotatable bonds is 18. The van der Waals surface area contributed by atoms with Gasteiger partial charge in [0.15, 0.2) is 0 Å². The molecule has 1 aliphatic heterocycles. The van der Waals surface area contributed by atoms with Crippen molar-refractivity contribution in [1.29, 1.82) is 0 Å². The Balaban J connectivity index is 0.00000480. The molecule has 0 aromatic heterocycles. The third-order valence-corrected chi connectivity index (χ3v) is 11.6. The van der Waals surface area contributed by atoms with E-state index < -0.39 is 7.26 Å². The van der Waals surface area contributed by atoms with Crippen LogP contribution in [0.25, 0.3) is 0 Å². The zero-order chi connectivity index (χ0) is 21.3. The van der Waals surface area contributed by atoms with Gasteiger partial charge in [-0.25, -0.2) is 0 Å². The Labute approximate surface area is 206 Å². The van der Waals surface area contributed by atoms with Crippen molar-refractivity contribution in [2.24, 2.45) is 0 Å². The topological polar surface area (TPSA) is 0 Å². The van der Waals surface area contributed by atoms with E-state index in [0.717, 1.165) is 0 Å². The Morgan fingerprint density at radius 2 is 1.10 bits per heavy atom. The lowest BCUT2D eigenvalue weighted by Gasteiger charge is -2.23. The summed E-state index contributed by atoms with van der Waals surface area (Å²) in [5.74, 6) is 0. The lowest BCUT2D eigenvalue weighted by Crippen LogP contribution is -3.00. The van der Waals surface area contributed by atoms with Crippen LogP contribution in [0.4, 0.5) is 0 Å². The molecule has 0 aliphatic carbocycles. The number of unbranched alkanes of at least 4 members (excludes halogenated alkanes) is 15. The minimum atomic E-state index is -0.936. The summed E-state index contributed by atoms with van der Waals surface area (Å²) < 4.78 is 0. The standard InChI is InChI=1S/C29H50P.BrH/c1-3-4-5-6-7-8-9-10-11-12-13-14-15-16-17-21-25-30(26-24-28(2)27-30)29-22-19-18-20-23-29;/h18-20,22-24H,3-17,21,25-27H2,1-2H3;1H/q+1;/p-1. The Bertz CT molecular complexity index is 567. The first-order valence-corrected chi connectivity index (χ1v) is 15.7. The van der Waals surface area contributed by atoms with Gasteiger partial charge in [-0.2, -0.15) is 0 Å². The zero-order valence-electron chi connectivity index (χ0n) is 20.7. The second-order valence-corrected chi connectivity index (χ2v) is 13.8. The lowest BCUT2D eigenvalue weighted by molar-refractivity contribution is -0.00000652. The highest BCUT2D eigenvalue weighted by Gasteiger charge is 2.41. The van der Waals surface area contributed by atoms with Crippen molar-refractivity contribution in [3.05, 3.63) is 42.0 Å². The van der Waals surface area contributed by atoms with Gasteiger partial charge in [0.2, 0.25) is 0 Å². The van der Waals surface area contributed by atoms with Crippen LogP contribution in [0, 0.1) is 0 Å². The molecule has 2 heteroatoms. The van der Waals surface area contributed by atoms with E-state index >= 15 is 0 Å². The van der Waals surface area contributed by atoms with Crippen LogP contribution in [0.2, 0.25) is 0 Å². The number of hydrogen-bond acceptors (Lipinski definition) is 0. The second-order valence-electron chi connectivity index (χ2n) is 9.90. The molecule has 1 aromatic rings. The fourth-order valence-corrected chi connectivity index (χ4v) is 9.64. The van der Waals surface area contributed by atoms with Crippen molar-refractivity contribution in [2.45, 2.75) is 117 Å². The first-order chi connectivity index (χ1) is 14.8. The van der Waals surface area contributed by atoms with E-state index in [1.165, 1.54) is 121 Å². The number of allylic oxidation sites excluding steroid dienone is 2. The van der Waals surface area contributed by atoms with E-state index in [9.17, 15) is 0 Å². The van der Waals surface area contributed by atoms with Crippen LogP contribution in [-0.4, -0.2) is 18.5 Å². The minimum Gasteiger partial charge on any atom is -1.00 e. The molecule has 1 atom stereocenters. The Morgan fingerprint density at radius 1 is 0.645 bits per heavy atom. The molecule has 1 unspecified atom stereocenters. The molecule has 0 N–H and O–H groups in total. The van der Waals surface area contributed by atoms with Gasteiger partial charge in [-0.05, 0) is 43.5 Å². The predicted molar refractivity (Wildman–Crippen MR) is 141 cm³/mol. The summed E-state index contributed by atoms with van der Waals surface area (Å²) in [6, 6.07) is 11.5. The van der Waals surface area contributed by atoms with E-state index in [4.69, 9.17) is 0 Å². The maximum Gasteiger partial charge on any atom is 0.0946 e. The van der Waals surface area contributed by atoms with Crippen LogP contribution in [0.15, 0.2) is 42.0 Å². The molecule has 0 radical (unpaired) electrons. The number of hydrogen-bond donors (Lipinski definition) is 0. The van der Waals surface area contributed by atoms with Gasteiger partial charge in [-0.1, -0.05) is 115 Å². The van der Waals surface area contributed by atoms with Gasteiger partial charge in [0.05, 0.1) is 31.1 Å². The molecule has 2 rings (SSSR count). The fraction of sp³-hybridized carbons (Fsp3) is 0.724. The van der Waals surface area contributed by atoms with Crippen LogP contribution >= 0.6 is 7.26 Å². The molecule has 0 amide bonds. The number of halogens is 1. The molecule has 0 saturated carbocycles. The van der Waals surface area contributed by atoms with E-state index in [-0.39, 0.29) is 17.0 Å². The van der Waals surface area contributed by atoms with Crippen molar-refractivity contribution < 1.29 is 17.0 Å². The summed E-state index contributed by atoms with van der Waals surface area (Å²) in [5.41, 5.74) is 1.64.